The monoisotopic (exact) mass is 256 g/mol. The molecular formula is C15H16N2O2. The minimum absolute atomic E-state index is 0.00881. The van der Waals surface area contributed by atoms with Gasteiger partial charge in [0.1, 0.15) is 5.75 Å². The molecule has 0 N–H and O–H groups in total. The predicted molar refractivity (Wildman–Crippen MR) is 72.9 cm³/mol. The Labute approximate surface area is 112 Å². The molecule has 4 heteroatoms. The van der Waals surface area contributed by atoms with Gasteiger partial charge in [0.25, 0.3) is 0 Å². The zero-order valence-corrected chi connectivity index (χ0v) is 11.0. The first-order valence-electron chi connectivity index (χ1n) is 6.05. The maximum Gasteiger partial charge on any atom is 0.224 e. The number of nitrogens with zero attached hydrogens (tertiary/aromatic N) is 2. The van der Waals surface area contributed by atoms with Crippen LogP contribution < -0.4 is 4.74 Å². The van der Waals surface area contributed by atoms with Gasteiger partial charge in [-0.2, -0.15) is 0 Å². The summed E-state index contributed by atoms with van der Waals surface area (Å²) in [6.07, 6.45) is 1.68. The Hall–Kier alpha value is -2.36. The molecule has 0 atom stereocenters. The fraction of sp³-hybridized carbons (Fsp3) is 0.200. The fourth-order valence-corrected chi connectivity index (χ4v) is 1.60. The van der Waals surface area contributed by atoms with E-state index in [1.165, 1.54) is 6.92 Å². The van der Waals surface area contributed by atoms with Crippen molar-refractivity contribution in [1.82, 2.24) is 9.88 Å². The van der Waals surface area contributed by atoms with Gasteiger partial charge in [0, 0.05) is 25.7 Å². The molecule has 4 nitrogen and oxygen atoms in total. The summed E-state index contributed by atoms with van der Waals surface area (Å²) in [6.45, 7) is 2.01. The lowest BCUT2D eigenvalue weighted by Gasteiger charge is -2.16. The highest BCUT2D eigenvalue weighted by molar-refractivity contribution is 5.72. The van der Waals surface area contributed by atoms with Gasteiger partial charge in [-0.1, -0.05) is 24.3 Å². The highest BCUT2D eigenvalue weighted by atomic mass is 16.5. The first-order chi connectivity index (χ1) is 9.16. The van der Waals surface area contributed by atoms with Crippen molar-refractivity contribution in [3.05, 3.63) is 54.2 Å². The quantitative estimate of drug-likeness (QED) is 0.844. The smallest absolute Gasteiger partial charge is 0.224 e. The van der Waals surface area contributed by atoms with E-state index >= 15 is 0 Å². The number of benzene rings is 1. The molecule has 98 valence electrons. The maximum atomic E-state index is 11.3. The zero-order chi connectivity index (χ0) is 13.7. The SMILES string of the molecule is CC(=O)N(C)Cc1cccnc1Oc1ccccc1. The van der Waals surface area contributed by atoms with Gasteiger partial charge in [-0.05, 0) is 18.2 Å². The normalized spacial score (nSPS) is 10.0. The molecule has 0 radical (unpaired) electrons. The molecule has 1 amide bonds. The van der Waals surface area contributed by atoms with Crippen LogP contribution in [0.3, 0.4) is 0 Å². The van der Waals surface area contributed by atoms with Crippen molar-refractivity contribution in [2.75, 3.05) is 7.05 Å². The molecule has 2 aromatic rings. The van der Waals surface area contributed by atoms with Crippen LogP contribution >= 0.6 is 0 Å². The Morgan fingerprint density at radius 2 is 1.95 bits per heavy atom. The van der Waals surface area contributed by atoms with Gasteiger partial charge in [-0.25, -0.2) is 4.98 Å². The van der Waals surface area contributed by atoms with E-state index in [-0.39, 0.29) is 5.91 Å². The standard InChI is InChI=1S/C15H16N2O2/c1-12(18)17(2)11-13-7-6-10-16-15(13)19-14-8-4-3-5-9-14/h3-10H,11H2,1-2H3. The number of hydrogen-bond donors (Lipinski definition) is 0. The van der Waals surface area contributed by atoms with E-state index in [9.17, 15) is 4.79 Å². The van der Waals surface area contributed by atoms with Crippen molar-refractivity contribution < 1.29 is 9.53 Å². The van der Waals surface area contributed by atoms with E-state index in [4.69, 9.17) is 4.74 Å². The minimum Gasteiger partial charge on any atom is -0.439 e. The number of hydrogen-bond acceptors (Lipinski definition) is 3. The Balaban J connectivity index is 2.19. The Bertz CT molecular complexity index is 555. The van der Waals surface area contributed by atoms with Crippen LogP contribution in [0.5, 0.6) is 11.6 Å². The molecule has 2 rings (SSSR count). The average Bonchev–Trinajstić information content (AvgIpc) is 2.42. The molecule has 0 fully saturated rings. The molecule has 0 aliphatic rings. The summed E-state index contributed by atoms with van der Waals surface area (Å²) in [5.41, 5.74) is 0.879. The van der Waals surface area contributed by atoms with Crippen LogP contribution in [-0.4, -0.2) is 22.8 Å². The number of carbonyl (C=O) groups excluding carboxylic acids is 1. The third-order valence-electron chi connectivity index (χ3n) is 2.75. The topological polar surface area (TPSA) is 42.4 Å². The number of ether oxygens (including phenoxy) is 1. The zero-order valence-electron chi connectivity index (χ0n) is 11.0. The first-order valence-corrected chi connectivity index (χ1v) is 6.05. The van der Waals surface area contributed by atoms with Crippen LogP contribution in [0.4, 0.5) is 0 Å². The van der Waals surface area contributed by atoms with Crippen LogP contribution in [0.1, 0.15) is 12.5 Å². The third-order valence-corrected chi connectivity index (χ3v) is 2.75. The number of para-hydroxylation sites is 1. The van der Waals surface area contributed by atoms with Crippen molar-refractivity contribution >= 4 is 5.91 Å². The third kappa shape index (κ3) is 3.55. The lowest BCUT2D eigenvalue weighted by atomic mass is 10.2. The van der Waals surface area contributed by atoms with Crippen molar-refractivity contribution in [3.8, 4) is 11.6 Å². The number of pyridine rings is 1. The number of carbonyl (C=O) groups is 1. The average molecular weight is 256 g/mol. The summed E-state index contributed by atoms with van der Waals surface area (Å²) in [7, 11) is 1.75. The highest BCUT2D eigenvalue weighted by Crippen LogP contribution is 2.23. The minimum atomic E-state index is 0.00881. The number of rotatable bonds is 4. The van der Waals surface area contributed by atoms with E-state index in [0.29, 0.717) is 12.4 Å². The Morgan fingerprint density at radius 3 is 2.63 bits per heavy atom. The second kappa shape index (κ2) is 6.00. The van der Waals surface area contributed by atoms with E-state index < -0.39 is 0 Å². The second-order valence-electron chi connectivity index (χ2n) is 4.26. The Kier molecular flexibility index (Phi) is 4.13. The van der Waals surface area contributed by atoms with Crippen LogP contribution in [0.25, 0.3) is 0 Å². The molecule has 0 aliphatic carbocycles. The summed E-state index contributed by atoms with van der Waals surface area (Å²) >= 11 is 0. The summed E-state index contributed by atoms with van der Waals surface area (Å²) in [5, 5.41) is 0. The second-order valence-corrected chi connectivity index (χ2v) is 4.26. The summed E-state index contributed by atoms with van der Waals surface area (Å²) < 4.78 is 5.74. The first kappa shape index (κ1) is 13.1. The van der Waals surface area contributed by atoms with E-state index in [2.05, 4.69) is 4.98 Å². The van der Waals surface area contributed by atoms with Gasteiger partial charge in [-0.3, -0.25) is 4.79 Å². The van der Waals surface area contributed by atoms with Gasteiger partial charge < -0.3 is 9.64 Å². The van der Waals surface area contributed by atoms with Crippen molar-refractivity contribution in [2.24, 2.45) is 0 Å². The summed E-state index contributed by atoms with van der Waals surface area (Å²) in [4.78, 5) is 17.1. The largest absolute Gasteiger partial charge is 0.439 e. The molecule has 1 heterocycles. The molecule has 1 aromatic heterocycles. The molecule has 0 saturated heterocycles. The molecule has 19 heavy (non-hydrogen) atoms. The van der Waals surface area contributed by atoms with E-state index in [1.807, 2.05) is 42.5 Å². The van der Waals surface area contributed by atoms with Gasteiger partial charge in [0.2, 0.25) is 11.8 Å². The van der Waals surface area contributed by atoms with E-state index in [0.717, 1.165) is 11.3 Å². The molecule has 0 spiro atoms. The molecule has 0 saturated carbocycles. The number of amides is 1. The Morgan fingerprint density at radius 1 is 1.21 bits per heavy atom. The van der Waals surface area contributed by atoms with Crippen molar-refractivity contribution in [1.29, 1.82) is 0 Å². The van der Waals surface area contributed by atoms with E-state index in [1.54, 1.807) is 18.1 Å². The summed E-state index contributed by atoms with van der Waals surface area (Å²) in [6, 6.07) is 13.2. The van der Waals surface area contributed by atoms with Crippen molar-refractivity contribution in [3.63, 3.8) is 0 Å². The fourth-order valence-electron chi connectivity index (χ4n) is 1.60. The van der Waals surface area contributed by atoms with Gasteiger partial charge >= 0.3 is 0 Å². The lowest BCUT2D eigenvalue weighted by molar-refractivity contribution is -0.128. The van der Waals surface area contributed by atoms with Crippen molar-refractivity contribution in [2.45, 2.75) is 13.5 Å². The van der Waals surface area contributed by atoms with Gasteiger partial charge in [0.05, 0.1) is 6.54 Å². The van der Waals surface area contributed by atoms with Gasteiger partial charge in [-0.15, -0.1) is 0 Å². The predicted octanol–water partition coefficient (Wildman–Crippen LogP) is 2.85. The molecule has 0 bridgehead atoms. The lowest BCUT2D eigenvalue weighted by Crippen LogP contribution is -2.23. The molecule has 0 unspecified atom stereocenters. The number of aromatic nitrogens is 1. The molecule has 1 aromatic carbocycles. The van der Waals surface area contributed by atoms with Crippen LogP contribution in [0, 0.1) is 0 Å². The highest BCUT2D eigenvalue weighted by Gasteiger charge is 2.10. The van der Waals surface area contributed by atoms with Gasteiger partial charge in [0.15, 0.2) is 0 Å². The molecule has 0 aliphatic heterocycles. The maximum absolute atomic E-state index is 11.3. The van der Waals surface area contributed by atoms with Crippen LogP contribution in [0.2, 0.25) is 0 Å². The van der Waals surface area contributed by atoms with Crippen LogP contribution in [-0.2, 0) is 11.3 Å². The molecular weight excluding hydrogens is 240 g/mol. The summed E-state index contributed by atoms with van der Waals surface area (Å²) in [5.74, 6) is 1.27. The van der Waals surface area contributed by atoms with Crippen LogP contribution in [0.15, 0.2) is 48.7 Å².